The number of ether oxygens (including phenoxy) is 1. The number of aromatic nitrogens is 3. The third-order valence-electron chi connectivity index (χ3n) is 5.41. The van der Waals surface area contributed by atoms with Crippen molar-refractivity contribution in [2.24, 2.45) is 0 Å². The Morgan fingerprint density at radius 3 is 2.60 bits per heavy atom. The molecule has 0 saturated carbocycles. The van der Waals surface area contributed by atoms with Gasteiger partial charge in [-0.3, -0.25) is 4.79 Å². The molecule has 2 aromatic heterocycles. The van der Waals surface area contributed by atoms with Crippen molar-refractivity contribution in [1.82, 2.24) is 15.0 Å². The maximum absolute atomic E-state index is 12.7. The molecule has 0 bridgehead atoms. The molecule has 152 valence electrons. The van der Waals surface area contributed by atoms with Gasteiger partial charge in [-0.15, -0.1) is 0 Å². The second-order valence-electron chi connectivity index (χ2n) is 7.41. The molecule has 30 heavy (non-hydrogen) atoms. The molecule has 0 fully saturated rings. The van der Waals surface area contributed by atoms with Crippen LogP contribution in [0.3, 0.4) is 0 Å². The van der Waals surface area contributed by atoms with Crippen LogP contribution < -0.4 is 0 Å². The van der Waals surface area contributed by atoms with E-state index in [0.717, 1.165) is 45.4 Å². The van der Waals surface area contributed by atoms with Gasteiger partial charge in [0.25, 0.3) is 0 Å². The predicted molar refractivity (Wildman–Crippen MR) is 119 cm³/mol. The Kier molecular flexibility index (Phi) is 5.61. The zero-order valence-corrected chi connectivity index (χ0v) is 17.5. The summed E-state index contributed by atoms with van der Waals surface area (Å²) in [6.07, 6.45) is 3.46. The van der Waals surface area contributed by atoms with Crippen molar-refractivity contribution in [3.63, 3.8) is 0 Å². The number of benzene rings is 2. The highest BCUT2D eigenvalue weighted by Crippen LogP contribution is 2.36. The predicted octanol–water partition coefficient (Wildman–Crippen LogP) is 5.66. The summed E-state index contributed by atoms with van der Waals surface area (Å²) in [6.45, 7) is 4.01. The van der Waals surface area contributed by atoms with Gasteiger partial charge in [0.2, 0.25) is 0 Å². The summed E-state index contributed by atoms with van der Waals surface area (Å²) in [6, 6.07) is 18.1. The van der Waals surface area contributed by atoms with Gasteiger partial charge in [-0.25, -0.2) is 9.97 Å². The molecular weight excluding hydrogens is 374 g/mol. The van der Waals surface area contributed by atoms with Gasteiger partial charge in [-0.2, -0.15) is 0 Å². The molecule has 0 saturated heterocycles. The summed E-state index contributed by atoms with van der Waals surface area (Å²) >= 11 is 0. The van der Waals surface area contributed by atoms with Gasteiger partial charge < -0.3 is 9.72 Å². The molecule has 4 aromatic rings. The van der Waals surface area contributed by atoms with Crippen molar-refractivity contribution >= 4 is 16.9 Å². The topological polar surface area (TPSA) is 67.9 Å². The van der Waals surface area contributed by atoms with E-state index in [9.17, 15) is 4.79 Å². The quantitative estimate of drug-likeness (QED) is 0.425. The van der Waals surface area contributed by atoms with Crippen LogP contribution in [0.1, 0.15) is 36.9 Å². The number of aryl methyl sites for hydroxylation is 1. The van der Waals surface area contributed by atoms with Crippen molar-refractivity contribution in [3.8, 4) is 22.6 Å². The Bertz CT molecular complexity index is 1180. The standard InChI is InChI=1S/C25H25N3O2/c1-4-8-20(25(29)30-3)22-16(2)27-24(18-9-6-5-7-10-18)28-23(22)19-12-11-17-13-14-26-21(17)15-19/h5-7,9-15,20,26H,4,8H2,1-3H3. The number of rotatable bonds is 6. The lowest BCUT2D eigenvalue weighted by molar-refractivity contribution is -0.142. The second-order valence-corrected chi connectivity index (χ2v) is 7.41. The minimum Gasteiger partial charge on any atom is -0.469 e. The van der Waals surface area contributed by atoms with E-state index in [-0.39, 0.29) is 5.97 Å². The smallest absolute Gasteiger partial charge is 0.313 e. The van der Waals surface area contributed by atoms with E-state index in [1.165, 1.54) is 7.11 Å². The molecule has 0 radical (unpaired) electrons. The number of fused-ring (bicyclic) bond motifs is 1. The molecule has 5 heteroatoms. The molecule has 0 spiro atoms. The fraction of sp³-hybridized carbons (Fsp3) is 0.240. The van der Waals surface area contributed by atoms with Gasteiger partial charge in [0.05, 0.1) is 18.7 Å². The van der Waals surface area contributed by atoms with Crippen molar-refractivity contribution in [3.05, 3.63) is 72.1 Å². The van der Waals surface area contributed by atoms with Crippen molar-refractivity contribution in [1.29, 1.82) is 0 Å². The highest BCUT2D eigenvalue weighted by Gasteiger charge is 2.28. The summed E-state index contributed by atoms with van der Waals surface area (Å²) in [4.78, 5) is 25.7. The third kappa shape index (κ3) is 3.71. The molecule has 1 N–H and O–H groups in total. The SMILES string of the molecule is CCCC(C(=O)OC)c1c(C)nc(-c2ccccc2)nc1-c1ccc2cc[nH]c2c1. The van der Waals surface area contributed by atoms with Gasteiger partial charge >= 0.3 is 5.97 Å². The van der Waals surface area contributed by atoms with E-state index in [4.69, 9.17) is 14.7 Å². The summed E-state index contributed by atoms with van der Waals surface area (Å²) < 4.78 is 5.14. The molecule has 1 atom stereocenters. The molecule has 0 aliphatic heterocycles. The summed E-state index contributed by atoms with van der Waals surface area (Å²) in [7, 11) is 1.43. The number of carbonyl (C=O) groups excluding carboxylic acids is 1. The minimum atomic E-state index is -0.404. The lowest BCUT2D eigenvalue weighted by Crippen LogP contribution is -2.18. The number of hydrogen-bond donors (Lipinski definition) is 1. The van der Waals surface area contributed by atoms with Crippen LogP contribution >= 0.6 is 0 Å². The van der Waals surface area contributed by atoms with E-state index in [2.05, 4.69) is 30.1 Å². The maximum atomic E-state index is 12.7. The minimum absolute atomic E-state index is 0.252. The van der Waals surface area contributed by atoms with Crippen LogP contribution in [-0.2, 0) is 9.53 Å². The van der Waals surface area contributed by atoms with E-state index in [0.29, 0.717) is 12.2 Å². The van der Waals surface area contributed by atoms with Crippen molar-refractivity contribution in [2.75, 3.05) is 7.11 Å². The van der Waals surface area contributed by atoms with Crippen LogP contribution in [0.15, 0.2) is 60.8 Å². The number of hydrogen-bond acceptors (Lipinski definition) is 4. The Balaban J connectivity index is 1.97. The Morgan fingerprint density at radius 2 is 1.87 bits per heavy atom. The molecule has 1 unspecified atom stereocenters. The molecular formula is C25H25N3O2. The number of methoxy groups -OCH3 is 1. The lowest BCUT2D eigenvalue weighted by atomic mass is 9.89. The summed E-state index contributed by atoms with van der Waals surface area (Å²) in [5, 5.41) is 1.13. The zero-order chi connectivity index (χ0) is 21.1. The highest BCUT2D eigenvalue weighted by atomic mass is 16.5. The number of nitrogens with zero attached hydrogens (tertiary/aromatic N) is 2. The zero-order valence-electron chi connectivity index (χ0n) is 17.5. The van der Waals surface area contributed by atoms with Crippen LogP contribution in [0.2, 0.25) is 0 Å². The number of nitrogens with one attached hydrogen (secondary N) is 1. The fourth-order valence-electron chi connectivity index (χ4n) is 3.94. The molecule has 5 nitrogen and oxygen atoms in total. The van der Waals surface area contributed by atoms with Gasteiger partial charge in [-0.1, -0.05) is 55.8 Å². The van der Waals surface area contributed by atoms with Crippen LogP contribution in [-0.4, -0.2) is 28.0 Å². The van der Waals surface area contributed by atoms with Crippen LogP contribution in [0, 0.1) is 6.92 Å². The number of esters is 1. The molecule has 0 aliphatic carbocycles. The third-order valence-corrected chi connectivity index (χ3v) is 5.41. The Hall–Kier alpha value is -3.47. The number of aromatic amines is 1. The van der Waals surface area contributed by atoms with Crippen molar-refractivity contribution < 1.29 is 9.53 Å². The van der Waals surface area contributed by atoms with Gasteiger partial charge in [-0.05, 0) is 30.9 Å². The molecule has 0 amide bonds. The molecule has 2 aromatic carbocycles. The van der Waals surface area contributed by atoms with E-state index < -0.39 is 5.92 Å². The first-order valence-corrected chi connectivity index (χ1v) is 10.2. The molecule has 2 heterocycles. The maximum Gasteiger partial charge on any atom is 0.313 e. The lowest BCUT2D eigenvalue weighted by Gasteiger charge is -2.20. The highest BCUT2D eigenvalue weighted by molar-refractivity contribution is 5.87. The summed E-state index contributed by atoms with van der Waals surface area (Å²) in [5.41, 5.74) is 5.35. The van der Waals surface area contributed by atoms with Gasteiger partial charge in [0, 0.05) is 34.1 Å². The number of H-pyrrole nitrogens is 1. The normalized spacial score (nSPS) is 12.1. The number of carbonyl (C=O) groups is 1. The molecule has 0 aliphatic rings. The average molecular weight is 399 g/mol. The van der Waals surface area contributed by atoms with Crippen LogP contribution in [0.4, 0.5) is 0 Å². The van der Waals surface area contributed by atoms with E-state index in [1.807, 2.05) is 49.5 Å². The van der Waals surface area contributed by atoms with Crippen molar-refractivity contribution in [2.45, 2.75) is 32.6 Å². The Labute approximate surface area is 176 Å². The fourth-order valence-corrected chi connectivity index (χ4v) is 3.94. The average Bonchev–Trinajstić information content (AvgIpc) is 3.25. The van der Waals surface area contributed by atoms with Crippen LogP contribution in [0.25, 0.3) is 33.5 Å². The summed E-state index contributed by atoms with van der Waals surface area (Å²) in [5.74, 6) is -0.00378. The monoisotopic (exact) mass is 399 g/mol. The second kappa shape index (κ2) is 8.49. The van der Waals surface area contributed by atoms with E-state index >= 15 is 0 Å². The van der Waals surface area contributed by atoms with Crippen LogP contribution in [0.5, 0.6) is 0 Å². The van der Waals surface area contributed by atoms with E-state index in [1.54, 1.807) is 0 Å². The first kappa shape index (κ1) is 19.8. The molecule has 4 rings (SSSR count). The first-order valence-electron chi connectivity index (χ1n) is 10.2. The largest absolute Gasteiger partial charge is 0.469 e. The Morgan fingerprint density at radius 1 is 1.07 bits per heavy atom. The van der Waals surface area contributed by atoms with Gasteiger partial charge in [0.15, 0.2) is 5.82 Å². The van der Waals surface area contributed by atoms with Gasteiger partial charge in [0.1, 0.15) is 0 Å². The first-order chi connectivity index (χ1) is 14.6.